The molecule has 0 atom stereocenters. The molecule has 7 heteroatoms. The van der Waals surface area contributed by atoms with Crippen LogP contribution in [0.25, 0.3) is 5.65 Å². The van der Waals surface area contributed by atoms with Crippen LogP contribution >= 0.6 is 11.6 Å². The van der Waals surface area contributed by atoms with Gasteiger partial charge in [0.1, 0.15) is 5.65 Å². The summed E-state index contributed by atoms with van der Waals surface area (Å²) in [7, 11) is -3.62. The molecule has 0 aliphatic carbocycles. The molecule has 2 rings (SSSR count). The largest absolute Gasteiger partial charge is 0.289 e. The topological polar surface area (TPSA) is 63.5 Å². The summed E-state index contributed by atoms with van der Waals surface area (Å²) in [5, 5.41) is -0.0428. The Morgan fingerprint density at radius 2 is 2.25 bits per heavy atom. The van der Waals surface area contributed by atoms with Crippen molar-refractivity contribution in [3.8, 4) is 0 Å². The maximum absolute atomic E-state index is 11.8. The van der Waals surface area contributed by atoms with Crippen molar-refractivity contribution in [3.05, 3.63) is 29.5 Å². The fourth-order valence-electron chi connectivity index (χ4n) is 1.37. The third-order valence-electron chi connectivity index (χ3n) is 2.03. The second-order valence-electron chi connectivity index (χ2n) is 3.14. The summed E-state index contributed by atoms with van der Waals surface area (Å²) in [6, 6.07) is 5.21. The van der Waals surface area contributed by atoms with Gasteiger partial charge in [-0.3, -0.25) is 4.40 Å². The minimum absolute atomic E-state index is 0.0940. The second kappa shape index (κ2) is 4.04. The zero-order valence-corrected chi connectivity index (χ0v) is 10.1. The molecule has 2 aromatic rings. The standard InChI is InChI=1S/C9H10ClN3O2S/c1-2-11-16(14,15)9-8(10)13-6-4-3-5-7(13)12-9/h3-6,11H,2H2,1H3. The minimum atomic E-state index is -3.62. The van der Waals surface area contributed by atoms with Crippen molar-refractivity contribution >= 4 is 27.3 Å². The summed E-state index contributed by atoms with van der Waals surface area (Å²) < 4.78 is 27.4. The highest BCUT2D eigenvalue weighted by Gasteiger charge is 2.22. The van der Waals surface area contributed by atoms with Gasteiger partial charge in [-0.1, -0.05) is 24.6 Å². The van der Waals surface area contributed by atoms with E-state index in [1.807, 2.05) is 0 Å². The highest BCUT2D eigenvalue weighted by Crippen LogP contribution is 2.21. The maximum atomic E-state index is 11.8. The van der Waals surface area contributed by atoms with Gasteiger partial charge >= 0.3 is 0 Å². The van der Waals surface area contributed by atoms with Crippen LogP contribution in [-0.2, 0) is 10.0 Å². The third kappa shape index (κ3) is 1.79. The van der Waals surface area contributed by atoms with E-state index in [1.165, 1.54) is 4.40 Å². The highest BCUT2D eigenvalue weighted by atomic mass is 35.5. The number of pyridine rings is 1. The van der Waals surface area contributed by atoms with Gasteiger partial charge in [0.15, 0.2) is 5.15 Å². The highest BCUT2D eigenvalue weighted by molar-refractivity contribution is 7.89. The van der Waals surface area contributed by atoms with E-state index in [9.17, 15) is 8.42 Å². The summed E-state index contributed by atoms with van der Waals surface area (Å²) in [6.07, 6.45) is 1.66. The van der Waals surface area contributed by atoms with Crippen LogP contribution in [0.3, 0.4) is 0 Å². The maximum Gasteiger partial charge on any atom is 0.261 e. The van der Waals surface area contributed by atoms with Crippen LogP contribution in [-0.4, -0.2) is 24.3 Å². The molecule has 0 aliphatic rings. The molecule has 2 aromatic heterocycles. The number of hydrogen-bond donors (Lipinski definition) is 1. The predicted molar refractivity (Wildman–Crippen MR) is 61.1 cm³/mol. The van der Waals surface area contributed by atoms with Crippen LogP contribution in [0.5, 0.6) is 0 Å². The number of aromatic nitrogens is 2. The smallest absolute Gasteiger partial charge is 0.261 e. The Kier molecular flexibility index (Phi) is 2.88. The van der Waals surface area contributed by atoms with Gasteiger partial charge in [0, 0.05) is 12.7 Å². The Labute approximate surface area is 98.1 Å². The normalized spacial score (nSPS) is 12.1. The molecule has 0 aromatic carbocycles. The molecule has 0 saturated carbocycles. The van der Waals surface area contributed by atoms with Crippen LogP contribution < -0.4 is 4.72 Å². The van der Waals surface area contributed by atoms with Gasteiger partial charge in [0.2, 0.25) is 5.03 Å². The number of rotatable bonds is 3. The number of sulfonamides is 1. The van der Waals surface area contributed by atoms with E-state index in [1.54, 1.807) is 31.3 Å². The Balaban J connectivity index is 2.67. The van der Waals surface area contributed by atoms with Crippen LogP contribution in [0.2, 0.25) is 5.15 Å². The molecule has 0 aliphatic heterocycles. The van der Waals surface area contributed by atoms with E-state index >= 15 is 0 Å². The molecule has 5 nitrogen and oxygen atoms in total. The molecule has 16 heavy (non-hydrogen) atoms. The molecule has 0 saturated heterocycles. The quantitative estimate of drug-likeness (QED) is 0.903. The second-order valence-corrected chi connectivity index (χ2v) is 5.18. The van der Waals surface area contributed by atoms with Crippen LogP contribution in [0.15, 0.2) is 29.4 Å². The van der Waals surface area contributed by atoms with Gasteiger partial charge in [0.05, 0.1) is 0 Å². The van der Waals surface area contributed by atoms with Gasteiger partial charge < -0.3 is 0 Å². The molecule has 0 amide bonds. The predicted octanol–water partition coefficient (Wildman–Crippen LogP) is 1.29. The Bertz CT molecular complexity index is 621. The minimum Gasteiger partial charge on any atom is -0.289 e. The molecule has 0 bridgehead atoms. The molecule has 0 spiro atoms. The van der Waals surface area contributed by atoms with Crippen molar-refractivity contribution in [1.29, 1.82) is 0 Å². The van der Waals surface area contributed by atoms with Gasteiger partial charge in [-0.15, -0.1) is 0 Å². The first-order chi connectivity index (χ1) is 7.56. The summed E-state index contributed by atoms with van der Waals surface area (Å²) >= 11 is 5.96. The number of nitrogens with zero attached hydrogens (tertiary/aromatic N) is 2. The first-order valence-corrected chi connectivity index (χ1v) is 6.54. The van der Waals surface area contributed by atoms with Crippen molar-refractivity contribution in [3.63, 3.8) is 0 Å². The fraction of sp³-hybridized carbons (Fsp3) is 0.222. The van der Waals surface area contributed by atoms with E-state index in [4.69, 9.17) is 11.6 Å². The Hall–Kier alpha value is -1.11. The molecule has 2 heterocycles. The van der Waals surface area contributed by atoms with Gasteiger partial charge in [-0.05, 0) is 12.1 Å². The monoisotopic (exact) mass is 259 g/mol. The summed E-state index contributed by atoms with van der Waals surface area (Å²) in [4.78, 5) is 3.98. The summed E-state index contributed by atoms with van der Waals surface area (Å²) in [5.74, 6) is 0. The fourth-order valence-corrected chi connectivity index (χ4v) is 2.91. The van der Waals surface area contributed by atoms with Crippen molar-refractivity contribution in [2.45, 2.75) is 11.9 Å². The SMILES string of the molecule is CCNS(=O)(=O)c1nc2ccccn2c1Cl. The zero-order chi connectivity index (χ0) is 11.8. The molecule has 1 N–H and O–H groups in total. The molecule has 86 valence electrons. The molecular weight excluding hydrogens is 250 g/mol. The molecule has 0 unspecified atom stereocenters. The zero-order valence-electron chi connectivity index (χ0n) is 8.51. The number of hydrogen-bond acceptors (Lipinski definition) is 3. The van der Waals surface area contributed by atoms with E-state index in [-0.39, 0.29) is 10.2 Å². The lowest BCUT2D eigenvalue weighted by molar-refractivity contribution is 0.581. The van der Waals surface area contributed by atoms with Crippen molar-refractivity contribution < 1.29 is 8.42 Å². The number of fused-ring (bicyclic) bond motifs is 1. The number of nitrogens with one attached hydrogen (secondary N) is 1. The number of halogens is 1. The van der Waals surface area contributed by atoms with Crippen molar-refractivity contribution in [2.75, 3.05) is 6.54 Å². The van der Waals surface area contributed by atoms with Crippen molar-refractivity contribution in [1.82, 2.24) is 14.1 Å². The third-order valence-corrected chi connectivity index (χ3v) is 3.97. The Morgan fingerprint density at radius 1 is 1.50 bits per heavy atom. The van der Waals surface area contributed by atoms with E-state index in [0.29, 0.717) is 12.2 Å². The average Bonchev–Trinajstić information content (AvgIpc) is 2.58. The van der Waals surface area contributed by atoms with Gasteiger partial charge in [-0.25, -0.2) is 18.1 Å². The Morgan fingerprint density at radius 3 is 2.88 bits per heavy atom. The molecule has 0 fully saturated rings. The van der Waals surface area contributed by atoms with E-state index < -0.39 is 10.0 Å². The van der Waals surface area contributed by atoms with Crippen LogP contribution in [0.4, 0.5) is 0 Å². The van der Waals surface area contributed by atoms with E-state index in [2.05, 4.69) is 9.71 Å². The first kappa shape index (κ1) is 11.4. The van der Waals surface area contributed by atoms with Crippen LogP contribution in [0, 0.1) is 0 Å². The lowest BCUT2D eigenvalue weighted by Crippen LogP contribution is -2.23. The summed E-state index contributed by atoms with van der Waals surface area (Å²) in [6.45, 7) is 1.99. The lowest BCUT2D eigenvalue weighted by atomic mass is 10.5. The van der Waals surface area contributed by atoms with Crippen LogP contribution in [0.1, 0.15) is 6.92 Å². The molecular formula is C9H10ClN3O2S. The first-order valence-electron chi connectivity index (χ1n) is 4.68. The number of imidazole rings is 1. The summed E-state index contributed by atoms with van der Waals surface area (Å²) in [5.41, 5.74) is 0.504. The van der Waals surface area contributed by atoms with Gasteiger partial charge in [0.25, 0.3) is 10.0 Å². The molecule has 0 radical (unpaired) electrons. The van der Waals surface area contributed by atoms with Gasteiger partial charge in [-0.2, -0.15) is 0 Å². The lowest BCUT2D eigenvalue weighted by Gasteiger charge is -2.00. The van der Waals surface area contributed by atoms with Crippen molar-refractivity contribution in [2.24, 2.45) is 0 Å². The van der Waals surface area contributed by atoms with E-state index in [0.717, 1.165) is 0 Å². The average molecular weight is 260 g/mol.